The van der Waals surface area contributed by atoms with Crippen molar-refractivity contribution in [3.8, 4) is 0 Å². The van der Waals surface area contributed by atoms with Crippen molar-refractivity contribution in [3.63, 3.8) is 0 Å². The minimum absolute atomic E-state index is 0.240. The van der Waals surface area contributed by atoms with Crippen molar-refractivity contribution in [1.82, 2.24) is 4.57 Å². The predicted octanol–water partition coefficient (Wildman–Crippen LogP) is 4.99. The molecule has 0 fully saturated rings. The van der Waals surface area contributed by atoms with Crippen molar-refractivity contribution in [2.45, 2.75) is 6.04 Å². The number of nitrogens with zero attached hydrogens (tertiary/aromatic N) is 1. The number of rotatable bonds is 3. The molecule has 0 N–H and O–H groups in total. The lowest BCUT2D eigenvalue weighted by atomic mass is 9.98. The standard InChI is InChI=1S/C20H14BrNO2/c21-16-11-12-18-17(13-16)22(20(23)24-18)19(14-7-3-1-4-8-14)15-9-5-2-6-10-15/h1-13,19H. The summed E-state index contributed by atoms with van der Waals surface area (Å²) in [5.74, 6) is -0.360. The van der Waals surface area contributed by atoms with Crippen molar-refractivity contribution in [1.29, 1.82) is 0 Å². The Balaban J connectivity index is 2.03. The molecular weight excluding hydrogens is 366 g/mol. The Hall–Kier alpha value is -2.59. The molecule has 118 valence electrons. The minimum Gasteiger partial charge on any atom is -0.408 e. The SMILES string of the molecule is O=c1oc2ccc(Br)cc2n1C(c1ccccc1)c1ccccc1. The first kappa shape index (κ1) is 15.0. The van der Waals surface area contributed by atoms with Crippen LogP contribution in [0.4, 0.5) is 0 Å². The number of aromatic nitrogens is 1. The summed E-state index contributed by atoms with van der Waals surface area (Å²) in [5.41, 5.74) is 3.43. The molecule has 4 heteroatoms. The van der Waals surface area contributed by atoms with E-state index in [1.807, 2.05) is 78.9 Å². The Kier molecular flexibility index (Phi) is 3.82. The molecule has 1 aromatic heterocycles. The zero-order chi connectivity index (χ0) is 16.5. The maximum Gasteiger partial charge on any atom is 0.420 e. The Bertz CT molecular complexity index is 996. The lowest BCUT2D eigenvalue weighted by molar-refractivity contribution is 0.499. The fourth-order valence-electron chi connectivity index (χ4n) is 3.01. The Morgan fingerprint density at radius 2 is 1.42 bits per heavy atom. The van der Waals surface area contributed by atoms with Crippen LogP contribution in [0.5, 0.6) is 0 Å². The van der Waals surface area contributed by atoms with Gasteiger partial charge in [-0.3, -0.25) is 4.57 Å². The van der Waals surface area contributed by atoms with E-state index in [-0.39, 0.29) is 11.8 Å². The second-order valence-electron chi connectivity index (χ2n) is 5.57. The monoisotopic (exact) mass is 379 g/mol. The molecule has 0 unspecified atom stereocenters. The summed E-state index contributed by atoms with van der Waals surface area (Å²) in [5, 5.41) is 0. The van der Waals surface area contributed by atoms with Gasteiger partial charge in [0.1, 0.15) is 0 Å². The van der Waals surface area contributed by atoms with Gasteiger partial charge in [0.25, 0.3) is 0 Å². The molecule has 0 amide bonds. The van der Waals surface area contributed by atoms with E-state index in [1.165, 1.54) is 0 Å². The van der Waals surface area contributed by atoms with Gasteiger partial charge in [-0.1, -0.05) is 76.6 Å². The summed E-state index contributed by atoms with van der Waals surface area (Å²) in [7, 11) is 0. The molecule has 0 spiro atoms. The Morgan fingerprint density at radius 1 is 0.833 bits per heavy atom. The molecule has 0 saturated heterocycles. The molecule has 0 saturated carbocycles. The van der Waals surface area contributed by atoms with Gasteiger partial charge in [0.2, 0.25) is 0 Å². The molecular formula is C20H14BrNO2. The smallest absolute Gasteiger partial charge is 0.408 e. The van der Waals surface area contributed by atoms with Gasteiger partial charge < -0.3 is 4.42 Å². The molecule has 1 heterocycles. The third-order valence-corrected chi connectivity index (χ3v) is 4.56. The lowest BCUT2D eigenvalue weighted by Gasteiger charge is -2.19. The highest BCUT2D eigenvalue weighted by molar-refractivity contribution is 9.10. The van der Waals surface area contributed by atoms with Crippen LogP contribution in [-0.4, -0.2) is 4.57 Å². The number of oxazole rings is 1. The van der Waals surface area contributed by atoms with Crippen molar-refractivity contribution in [2.75, 3.05) is 0 Å². The molecule has 0 aliphatic rings. The summed E-state index contributed by atoms with van der Waals surface area (Å²) < 4.78 is 8.08. The maximum absolute atomic E-state index is 12.6. The number of hydrogen-bond donors (Lipinski definition) is 0. The maximum atomic E-state index is 12.6. The second kappa shape index (κ2) is 6.13. The first-order chi connectivity index (χ1) is 11.7. The van der Waals surface area contributed by atoms with E-state index in [2.05, 4.69) is 15.9 Å². The molecule has 4 aromatic rings. The normalized spacial score (nSPS) is 11.2. The van der Waals surface area contributed by atoms with Gasteiger partial charge in [-0.2, -0.15) is 0 Å². The van der Waals surface area contributed by atoms with E-state index in [0.717, 1.165) is 21.1 Å². The van der Waals surface area contributed by atoms with E-state index >= 15 is 0 Å². The highest BCUT2D eigenvalue weighted by atomic mass is 79.9. The summed E-state index contributed by atoms with van der Waals surface area (Å²) >= 11 is 3.48. The first-order valence-corrected chi connectivity index (χ1v) is 8.44. The van der Waals surface area contributed by atoms with Gasteiger partial charge in [-0.15, -0.1) is 0 Å². The largest absolute Gasteiger partial charge is 0.420 e. The summed E-state index contributed by atoms with van der Waals surface area (Å²) in [4.78, 5) is 12.6. The quantitative estimate of drug-likeness (QED) is 0.502. The van der Waals surface area contributed by atoms with Gasteiger partial charge in [0.05, 0.1) is 11.6 Å². The number of halogens is 1. The van der Waals surface area contributed by atoms with Gasteiger partial charge in [-0.25, -0.2) is 4.79 Å². The van der Waals surface area contributed by atoms with Crippen LogP contribution in [0, 0.1) is 0 Å². The van der Waals surface area contributed by atoms with Crippen LogP contribution in [0.15, 0.2) is 92.5 Å². The summed E-state index contributed by atoms with van der Waals surface area (Å²) in [6, 6.07) is 25.3. The number of fused-ring (bicyclic) bond motifs is 1. The van der Waals surface area contributed by atoms with Crippen LogP contribution < -0.4 is 5.76 Å². The van der Waals surface area contributed by atoms with Gasteiger partial charge in [0.15, 0.2) is 5.58 Å². The molecule has 0 radical (unpaired) electrons. The third kappa shape index (κ3) is 2.59. The highest BCUT2D eigenvalue weighted by Gasteiger charge is 2.22. The molecule has 3 aromatic carbocycles. The predicted molar refractivity (Wildman–Crippen MR) is 98.3 cm³/mol. The molecule has 0 aliphatic carbocycles. The van der Waals surface area contributed by atoms with Gasteiger partial charge in [0, 0.05) is 4.47 Å². The molecule has 0 bridgehead atoms. The number of hydrogen-bond acceptors (Lipinski definition) is 2. The van der Waals surface area contributed by atoms with Crippen molar-refractivity contribution in [3.05, 3.63) is 105 Å². The van der Waals surface area contributed by atoms with Crippen LogP contribution in [-0.2, 0) is 0 Å². The van der Waals surface area contributed by atoms with Gasteiger partial charge in [-0.05, 0) is 29.3 Å². The zero-order valence-corrected chi connectivity index (χ0v) is 14.3. The summed E-state index contributed by atoms with van der Waals surface area (Å²) in [6.07, 6.45) is 0. The molecule has 24 heavy (non-hydrogen) atoms. The molecule has 4 rings (SSSR count). The Labute approximate surface area is 147 Å². The van der Waals surface area contributed by atoms with Crippen molar-refractivity contribution >= 4 is 27.0 Å². The van der Waals surface area contributed by atoms with Crippen LogP contribution >= 0.6 is 15.9 Å². The van der Waals surface area contributed by atoms with E-state index in [4.69, 9.17) is 4.42 Å². The minimum atomic E-state index is -0.360. The molecule has 0 atom stereocenters. The fraction of sp³-hybridized carbons (Fsp3) is 0.0500. The average Bonchev–Trinajstić information content (AvgIpc) is 2.93. The fourth-order valence-corrected chi connectivity index (χ4v) is 3.36. The highest BCUT2D eigenvalue weighted by Crippen LogP contribution is 2.30. The van der Waals surface area contributed by atoms with Crippen LogP contribution in [0.25, 0.3) is 11.1 Å². The topological polar surface area (TPSA) is 35.1 Å². The van der Waals surface area contributed by atoms with Crippen molar-refractivity contribution < 1.29 is 4.42 Å². The van der Waals surface area contributed by atoms with E-state index in [0.29, 0.717) is 5.58 Å². The van der Waals surface area contributed by atoms with E-state index in [1.54, 1.807) is 4.57 Å². The van der Waals surface area contributed by atoms with E-state index < -0.39 is 0 Å². The van der Waals surface area contributed by atoms with Crippen LogP contribution in [0.1, 0.15) is 17.2 Å². The molecule has 3 nitrogen and oxygen atoms in total. The zero-order valence-electron chi connectivity index (χ0n) is 12.7. The third-order valence-electron chi connectivity index (χ3n) is 4.06. The summed E-state index contributed by atoms with van der Waals surface area (Å²) in [6.45, 7) is 0. The first-order valence-electron chi connectivity index (χ1n) is 7.64. The second-order valence-corrected chi connectivity index (χ2v) is 6.49. The van der Waals surface area contributed by atoms with Gasteiger partial charge >= 0.3 is 5.76 Å². The van der Waals surface area contributed by atoms with Crippen LogP contribution in [0.2, 0.25) is 0 Å². The average molecular weight is 380 g/mol. The Morgan fingerprint density at radius 3 is 2.00 bits per heavy atom. The number of benzene rings is 3. The molecule has 0 aliphatic heterocycles. The van der Waals surface area contributed by atoms with Crippen molar-refractivity contribution in [2.24, 2.45) is 0 Å². The lowest BCUT2D eigenvalue weighted by Crippen LogP contribution is -2.22. The van der Waals surface area contributed by atoms with Crippen LogP contribution in [0.3, 0.4) is 0 Å². The van der Waals surface area contributed by atoms with E-state index in [9.17, 15) is 4.79 Å².